The lowest BCUT2D eigenvalue weighted by atomic mass is 10.0. The SMILES string of the molecule is COc1ccc(C(=O)N[C@@H]2CN(Cc3cccnc3)C[C@H]2CN(C)C)cc1OC. The third-order valence-electron chi connectivity index (χ3n) is 5.21. The zero-order valence-corrected chi connectivity index (χ0v) is 17.6. The van der Waals surface area contributed by atoms with E-state index in [0.717, 1.165) is 26.2 Å². The van der Waals surface area contributed by atoms with E-state index in [1.807, 2.05) is 12.3 Å². The molecule has 2 heterocycles. The third kappa shape index (κ3) is 5.46. The Kier molecular flexibility index (Phi) is 7.06. The molecule has 1 amide bonds. The Bertz CT molecular complexity index is 813. The summed E-state index contributed by atoms with van der Waals surface area (Å²) in [7, 11) is 7.28. The van der Waals surface area contributed by atoms with E-state index in [4.69, 9.17) is 9.47 Å². The highest BCUT2D eigenvalue weighted by atomic mass is 16.5. The maximum absolute atomic E-state index is 12.9. The van der Waals surface area contributed by atoms with E-state index >= 15 is 0 Å². The Morgan fingerprint density at radius 1 is 1.21 bits per heavy atom. The highest BCUT2D eigenvalue weighted by molar-refractivity contribution is 5.95. The van der Waals surface area contributed by atoms with Crippen LogP contribution in [0.15, 0.2) is 42.7 Å². The van der Waals surface area contributed by atoms with E-state index in [1.54, 1.807) is 38.6 Å². The fourth-order valence-corrected chi connectivity index (χ4v) is 3.89. The molecule has 2 aromatic rings. The van der Waals surface area contributed by atoms with Gasteiger partial charge in [0.1, 0.15) is 0 Å². The van der Waals surface area contributed by atoms with Gasteiger partial charge in [-0.05, 0) is 43.9 Å². The summed E-state index contributed by atoms with van der Waals surface area (Å²) in [6, 6.07) is 9.36. The zero-order valence-electron chi connectivity index (χ0n) is 17.6. The minimum atomic E-state index is -0.0945. The first-order chi connectivity index (χ1) is 14.0. The summed E-state index contributed by atoms with van der Waals surface area (Å²) in [5.41, 5.74) is 1.75. The number of methoxy groups -OCH3 is 2. The van der Waals surface area contributed by atoms with Crippen molar-refractivity contribution in [2.75, 3.05) is 47.9 Å². The predicted molar refractivity (Wildman–Crippen MR) is 112 cm³/mol. The molecule has 1 fully saturated rings. The highest BCUT2D eigenvalue weighted by Crippen LogP contribution is 2.28. The summed E-state index contributed by atoms with van der Waals surface area (Å²) in [4.78, 5) is 21.7. The van der Waals surface area contributed by atoms with Gasteiger partial charge in [0.25, 0.3) is 5.91 Å². The van der Waals surface area contributed by atoms with E-state index in [2.05, 4.69) is 40.3 Å². The van der Waals surface area contributed by atoms with Crippen LogP contribution in [0.4, 0.5) is 0 Å². The van der Waals surface area contributed by atoms with Crippen LogP contribution in [-0.2, 0) is 6.54 Å². The first-order valence-corrected chi connectivity index (χ1v) is 9.79. The number of benzene rings is 1. The number of aromatic nitrogens is 1. The maximum Gasteiger partial charge on any atom is 0.251 e. The van der Waals surface area contributed by atoms with E-state index in [9.17, 15) is 4.79 Å². The van der Waals surface area contributed by atoms with Crippen molar-refractivity contribution >= 4 is 5.91 Å². The second-order valence-electron chi connectivity index (χ2n) is 7.73. The number of carbonyl (C=O) groups is 1. The van der Waals surface area contributed by atoms with Crippen LogP contribution in [0.2, 0.25) is 0 Å². The van der Waals surface area contributed by atoms with Crippen molar-refractivity contribution in [2.45, 2.75) is 12.6 Å². The summed E-state index contributed by atoms with van der Waals surface area (Å²) in [5.74, 6) is 1.42. The largest absolute Gasteiger partial charge is 0.493 e. The van der Waals surface area contributed by atoms with Gasteiger partial charge in [-0.3, -0.25) is 14.7 Å². The number of likely N-dealkylation sites (tertiary alicyclic amines) is 1. The molecule has 0 radical (unpaired) electrons. The molecule has 7 nitrogen and oxygen atoms in total. The number of amides is 1. The summed E-state index contributed by atoms with van der Waals surface area (Å²) in [5, 5.41) is 3.24. The van der Waals surface area contributed by atoms with Gasteiger partial charge in [0, 0.05) is 56.1 Å². The van der Waals surface area contributed by atoms with Crippen LogP contribution >= 0.6 is 0 Å². The van der Waals surface area contributed by atoms with Crippen LogP contribution in [0, 0.1) is 5.92 Å². The van der Waals surface area contributed by atoms with Crippen molar-refractivity contribution in [3.05, 3.63) is 53.9 Å². The van der Waals surface area contributed by atoms with Gasteiger partial charge in [-0.25, -0.2) is 0 Å². The number of nitrogens with one attached hydrogen (secondary N) is 1. The topological polar surface area (TPSA) is 66.9 Å². The van der Waals surface area contributed by atoms with E-state index in [1.165, 1.54) is 5.56 Å². The number of hydrogen-bond acceptors (Lipinski definition) is 6. The van der Waals surface area contributed by atoms with Crippen molar-refractivity contribution < 1.29 is 14.3 Å². The molecule has 7 heteroatoms. The fourth-order valence-electron chi connectivity index (χ4n) is 3.89. The fraction of sp³-hybridized carbons (Fsp3) is 0.455. The molecule has 1 aliphatic heterocycles. The molecule has 0 saturated carbocycles. The van der Waals surface area contributed by atoms with Gasteiger partial charge in [0.15, 0.2) is 11.5 Å². The molecule has 3 rings (SSSR count). The summed E-state index contributed by atoms with van der Waals surface area (Å²) >= 11 is 0. The lowest BCUT2D eigenvalue weighted by Gasteiger charge is -2.23. The van der Waals surface area contributed by atoms with Crippen molar-refractivity contribution in [2.24, 2.45) is 5.92 Å². The average Bonchev–Trinajstić information content (AvgIpc) is 3.07. The third-order valence-corrected chi connectivity index (χ3v) is 5.21. The monoisotopic (exact) mass is 398 g/mol. The molecule has 156 valence electrons. The summed E-state index contributed by atoms with van der Waals surface area (Å²) < 4.78 is 10.6. The molecule has 1 aromatic carbocycles. The summed E-state index contributed by atoms with van der Waals surface area (Å²) in [6.45, 7) is 3.50. The number of ether oxygens (including phenoxy) is 2. The van der Waals surface area contributed by atoms with E-state index in [0.29, 0.717) is 23.0 Å². The quantitative estimate of drug-likeness (QED) is 0.733. The van der Waals surface area contributed by atoms with Crippen molar-refractivity contribution in [1.29, 1.82) is 0 Å². The van der Waals surface area contributed by atoms with Crippen LogP contribution in [-0.4, -0.2) is 74.7 Å². The Hall–Kier alpha value is -2.64. The molecule has 1 aliphatic rings. The van der Waals surface area contributed by atoms with Gasteiger partial charge in [0.05, 0.1) is 14.2 Å². The number of hydrogen-bond donors (Lipinski definition) is 1. The summed E-state index contributed by atoms with van der Waals surface area (Å²) in [6.07, 6.45) is 3.69. The Labute approximate surface area is 172 Å². The zero-order chi connectivity index (χ0) is 20.8. The number of nitrogens with zero attached hydrogens (tertiary/aromatic N) is 3. The molecule has 29 heavy (non-hydrogen) atoms. The van der Waals surface area contributed by atoms with Crippen molar-refractivity contribution in [3.63, 3.8) is 0 Å². The van der Waals surface area contributed by atoms with Crippen molar-refractivity contribution in [3.8, 4) is 11.5 Å². The van der Waals surface area contributed by atoms with Crippen LogP contribution in [0.3, 0.4) is 0 Å². The van der Waals surface area contributed by atoms with Crippen LogP contribution in [0.5, 0.6) is 11.5 Å². The molecule has 0 aliphatic carbocycles. The number of carbonyl (C=O) groups excluding carboxylic acids is 1. The molecule has 0 bridgehead atoms. The van der Waals surface area contributed by atoms with Gasteiger partial charge in [0.2, 0.25) is 0 Å². The Morgan fingerprint density at radius 2 is 2.00 bits per heavy atom. The molecule has 1 aromatic heterocycles. The van der Waals surface area contributed by atoms with Crippen LogP contribution in [0.1, 0.15) is 15.9 Å². The molecule has 1 N–H and O–H groups in total. The van der Waals surface area contributed by atoms with Crippen LogP contribution < -0.4 is 14.8 Å². The highest BCUT2D eigenvalue weighted by Gasteiger charge is 2.34. The Morgan fingerprint density at radius 3 is 2.66 bits per heavy atom. The predicted octanol–water partition coefficient (Wildman–Crippen LogP) is 1.89. The van der Waals surface area contributed by atoms with Gasteiger partial charge in [-0.1, -0.05) is 6.07 Å². The second kappa shape index (κ2) is 9.71. The molecular formula is C22H30N4O3. The first-order valence-electron chi connectivity index (χ1n) is 9.79. The maximum atomic E-state index is 12.9. The number of rotatable bonds is 8. The normalized spacial score (nSPS) is 19.3. The number of pyridine rings is 1. The lowest BCUT2D eigenvalue weighted by molar-refractivity contribution is 0.0926. The average molecular weight is 399 g/mol. The molecule has 0 unspecified atom stereocenters. The minimum Gasteiger partial charge on any atom is -0.493 e. The van der Waals surface area contributed by atoms with Crippen molar-refractivity contribution in [1.82, 2.24) is 20.1 Å². The molecule has 1 saturated heterocycles. The molecule has 0 spiro atoms. The van der Waals surface area contributed by atoms with Crippen LogP contribution in [0.25, 0.3) is 0 Å². The second-order valence-corrected chi connectivity index (χ2v) is 7.73. The molecular weight excluding hydrogens is 368 g/mol. The van der Waals surface area contributed by atoms with Gasteiger partial charge in [-0.2, -0.15) is 0 Å². The minimum absolute atomic E-state index is 0.0784. The van der Waals surface area contributed by atoms with Gasteiger partial charge in [-0.15, -0.1) is 0 Å². The standard InChI is InChI=1S/C22H30N4O3/c1-25(2)13-18-14-26(12-16-6-5-9-23-11-16)15-19(18)24-22(27)17-7-8-20(28-3)21(10-17)29-4/h5-11,18-19H,12-15H2,1-4H3,(H,24,27)/t18-,19-/m1/s1. The lowest BCUT2D eigenvalue weighted by Crippen LogP contribution is -2.43. The van der Waals surface area contributed by atoms with E-state index in [-0.39, 0.29) is 11.9 Å². The van der Waals surface area contributed by atoms with Gasteiger partial charge >= 0.3 is 0 Å². The molecule has 2 atom stereocenters. The van der Waals surface area contributed by atoms with E-state index < -0.39 is 0 Å². The Balaban J connectivity index is 1.70. The first kappa shape index (κ1) is 21.1. The smallest absolute Gasteiger partial charge is 0.251 e. The van der Waals surface area contributed by atoms with Gasteiger partial charge < -0.3 is 19.7 Å².